The Morgan fingerprint density at radius 1 is 0.436 bits per heavy atom. The monoisotopic (exact) mass is 1840 g/mol. The predicted octanol–water partition coefficient (Wildman–Crippen LogP) is 8.20. The van der Waals surface area contributed by atoms with Gasteiger partial charge in [0.1, 0.15) is 69.6 Å². The highest BCUT2D eigenvalue weighted by molar-refractivity contribution is 6.26. The molecule has 6 aromatic rings. The molecule has 10 amide bonds. The Balaban J connectivity index is 0.000000212. The number of carbonyl (C=O) groups excluding carboxylic acids is 17. The van der Waals surface area contributed by atoms with Gasteiger partial charge in [-0.25, -0.2) is 22.8 Å². The van der Waals surface area contributed by atoms with Gasteiger partial charge in [0.05, 0.1) is 68.2 Å². The van der Waals surface area contributed by atoms with Crippen LogP contribution in [0.1, 0.15) is 145 Å². The fourth-order valence-electron chi connectivity index (χ4n) is 14.7. The summed E-state index contributed by atoms with van der Waals surface area (Å²) in [4.78, 5) is 228. The first-order valence-corrected chi connectivity index (χ1v) is 42.5. The fourth-order valence-corrected chi connectivity index (χ4v) is 14.7. The van der Waals surface area contributed by atoms with Crippen LogP contribution < -0.4 is 45.4 Å². The van der Waals surface area contributed by atoms with E-state index in [0.29, 0.717) is 119 Å². The van der Waals surface area contributed by atoms with Gasteiger partial charge in [-0.2, -0.15) is 0 Å². The number of hydrogen-bond donors (Lipinski definition) is 3. The van der Waals surface area contributed by atoms with E-state index in [4.69, 9.17) is 33.3 Å². The minimum atomic E-state index is -1.46. The zero-order chi connectivity index (χ0) is 97.4. The minimum Gasteiger partial charge on any atom is -0.497 e. The van der Waals surface area contributed by atoms with Gasteiger partial charge in [0.2, 0.25) is 0 Å². The number of unbranched alkanes of at least 4 members (excludes halogenated alkanes) is 1. The lowest BCUT2D eigenvalue weighted by molar-refractivity contribution is -0.201. The molecule has 35 nitrogen and oxygen atoms in total. The highest BCUT2D eigenvalue weighted by atomic mass is 19.1. The van der Waals surface area contributed by atoms with Crippen molar-refractivity contribution in [2.75, 3.05) is 96.5 Å². The summed E-state index contributed by atoms with van der Waals surface area (Å²) in [6.45, 7) is 5.31. The highest BCUT2D eigenvalue weighted by Gasteiger charge is 2.47. The molecule has 2 unspecified atom stereocenters. The van der Waals surface area contributed by atoms with Crippen molar-refractivity contribution < 1.29 is 133 Å². The van der Waals surface area contributed by atoms with E-state index >= 15 is 0 Å². The second kappa shape index (κ2) is 50.4. The van der Waals surface area contributed by atoms with Gasteiger partial charge >= 0.3 is 11.9 Å². The van der Waals surface area contributed by atoms with Crippen LogP contribution in [0.15, 0.2) is 162 Å². The quantitative estimate of drug-likeness (QED) is 0.00855. The maximum Gasteiger partial charge on any atom is 0.336 e. The van der Waals surface area contributed by atoms with Gasteiger partial charge in [0.25, 0.3) is 59.1 Å². The molecule has 38 heteroatoms. The van der Waals surface area contributed by atoms with Crippen molar-refractivity contribution in [3.63, 3.8) is 0 Å². The third-order valence-electron chi connectivity index (χ3n) is 22.3. The van der Waals surface area contributed by atoms with Crippen molar-refractivity contribution >= 4 is 99.9 Å². The van der Waals surface area contributed by atoms with Gasteiger partial charge in [0.15, 0.2) is 23.1 Å². The van der Waals surface area contributed by atoms with E-state index in [1.165, 1.54) is 97.3 Å². The summed E-state index contributed by atoms with van der Waals surface area (Å²) in [7, 11) is 14.6. The second-order valence-corrected chi connectivity index (χ2v) is 31.2. The Hall–Kier alpha value is -14.1. The van der Waals surface area contributed by atoms with Crippen LogP contribution in [-0.2, 0) is 96.4 Å². The number of benzene rings is 6. The molecule has 0 bridgehead atoms. The smallest absolute Gasteiger partial charge is 0.336 e. The summed E-state index contributed by atoms with van der Waals surface area (Å²) in [5.74, 6) is -2.96. The van der Waals surface area contributed by atoms with Crippen LogP contribution in [0.3, 0.4) is 0 Å². The van der Waals surface area contributed by atoms with Crippen molar-refractivity contribution in [1.29, 1.82) is 0 Å². The molecule has 0 spiro atoms. The van der Waals surface area contributed by atoms with Crippen LogP contribution >= 0.6 is 0 Å². The Morgan fingerprint density at radius 2 is 0.797 bits per heavy atom. The Morgan fingerprint density at radius 3 is 1.18 bits per heavy atom. The van der Waals surface area contributed by atoms with Crippen LogP contribution in [-0.4, -0.2) is 231 Å². The molecule has 6 aromatic carbocycles. The number of hydroxylamine groups is 4. The van der Waals surface area contributed by atoms with Gasteiger partial charge in [-0.1, -0.05) is 13.3 Å². The average Bonchev–Trinajstić information content (AvgIpc) is 1.64. The number of hydrazine groups is 1. The second-order valence-electron chi connectivity index (χ2n) is 31.2. The van der Waals surface area contributed by atoms with E-state index in [0.717, 1.165) is 70.6 Å². The van der Waals surface area contributed by atoms with Crippen molar-refractivity contribution in [3.05, 3.63) is 213 Å². The Labute approximate surface area is 765 Å². The van der Waals surface area contributed by atoms with Crippen LogP contribution in [0, 0.1) is 41.1 Å². The van der Waals surface area contributed by atoms with Crippen LogP contribution in [0.25, 0.3) is 0 Å². The van der Waals surface area contributed by atoms with Crippen molar-refractivity contribution in [3.8, 4) is 34.5 Å². The zero-order valence-electron chi connectivity index (χ0n) is 75.3. The molecule has 0 aromatic heterocycles. The molecule has 0 aliphatic carbocycles. The number of methoxy groups -OCH3 is 6. The maximum absolute atomic E-state index is 13.7. The van der Waals surface area contributed by atoms with E-state index in [2.05, 4.69) is 31.6 Å². The normalized spacial score (nSPS) is 16.1. The van der Waals surface area contributed by atoms with E-state index in [1.54, 1.807) is 61.6 Å². The lowest BCUT2D eigenvalue weighted by atomic mass is 9.78. The number of Topliss-reactive ketones (excluding diaryl/α,β-unsaturated/α-hetero) is 5. The summed E-state index contributed by atoms with van der Waals surface area (Å²) >= 11 is 0. The first-order chi connectivity index (χ1) is 63.7. The molecule has 2 atom stereocenters. The molecule has 4 fully saturated rings. The van der Waals surface area contributed by atoms with Crippen LogP contribution in [0.2, 0.25) is 0 Å². The summed E-state index contributed by atoms with van der Waals surface area (Å²) in [6, 6.07) is 29.6. The van der Waals surface area contributed by atoms with Crippen LogP contribution in [0.4, 0.5) is 13.2 Å². The number of piperidine rings is 2. The van der Waals surface area contributed by atoms with Gasteiger partial charge < -0.3 is 53.2 Å². The molecular formula is C95H107F3N10O25. The summed E-state index contributed by atoms with van der Waals surface area (Å²) in [5.41, 5.74) is 1.95. The van der Waals surface area contributed by atoms with E-state index < -0.39 is 129 Å². The number of hydrogen-bond acceptors (Lipinski definition) is 30. The number of likely N-dealkylation sites (tertiary alicyclic amines) is 2. The molecule has 7 aliphatic heterocycles. The standard InChI is InChI=1S/C28H29FN2O6.C26H27FN2O6.C21H18FNO5.C11H16N2O4.C9H13NO4.H4N2/c1-30-12-10-18(11-13-30)27(34)25(26(33)17-4-7-20(29)8-5-17)22-15-24(32)31(28(22)35)16-19-6-9-21(36-2)14-23(19)37-3;1-28-12-4-5-21(30)24(25(32)16-6-9-18(27)10-7-16)20-14-23(31)29(26(20)33)15-17-8-11-19(34-2)13-22(17)35-3;1-27-17-8-5-14(19(11-17)28-2)12-23-20(25)10-15(21(23)26)9-18(24)13-3-6-16(22)7-4-13;1-12-6-4-8(5-7-12)11(16)17-13-9(14)2-3-10(13)15;1-2-3-4-9(13)14-10-7(11)5-6-8(10)12;1-2/h4-9,14-15,18,25H,10-13,16H2,1-3H3;6-11,13-14,24,28H,4-5,12,15H2,1-3H3;3-8,10-11H,9,12H2,1-2H3;8H,2-7H2,1H3;2-6H2,1H3;1-2H2. The van der Waals surface area contributed by atoms with Crippen LogP contribution in [0.5, 0.6) is 34.5 Å². The van der Waals surface area contributed by atoms with Gasteiger partial charge in [-0.05, 0) is 202 Å². The number of imide groups is 5. The lowest BCUT2D eigenvalue weighted by Gasteiger charge is -2.30. The Bertz CT molecular complexity index is 5380. The van der Waals surface area contributed by atoms with Gasteiger partial charge in [-0.3, -0.25) is 98.3 Å². The summed E-state index contributed by atoms with van der Waals surface area (Å²) < 4.78 is 71.4. The minimum absolute atomic E-state index is 0.00950. The van der Waals surface area contributed by atoms with E-state index in [9.17, 15) is 94.7 Å². The third kappa shape index (κ3) is 28.0. The number of nitrogens with two attached hydrogens (primary N) is 2. The SMILES string of the molecule is CCCCC(=O)ON1C(=O)CCC1=O.CN1CCC(C(=O)ON2C(=O)CCC2=O)CC1.CNCCCC(=O)C(C(=O)c1ccc(F)cc1)C1=CC(=O)N(Cc2ccc(OC)cc2OC)C1=O.COc1ccc(CN2C(=O)C=C(C(C(=O)c3ccc(F)cc3)C(=O)C3CCN(C)CC3)C2=O)c(OC)c1.COc1ccc(CN2C(=O)C=C(CC(=O)c3ccc(F)cc3)C2=O)c(OC)c1.NN. The van der Waals surface area contributed by atoms with Gasteiger partial charge in [-0.15, -0.1) is 10.1 Å². The number of ketones is 5. The first-order valence-electron chi connectivity index (χ1n) is 42.5. The predicted molar refractivity (Wildman–Crippen MR) is 469 cm³/mol. The van der Waals surface area contributed by atoms with Crippen molar-refractivity contribution in [2.24, 2.45) is 35.4 Å². The molecule has 133 heavy (non-hydrogen) atoms. The fraction of sp³-hybridized carbons (Fsp3) is 0.379. The van der Waals surface area contributed by atoms with E-state index in [-0.39, 0.29) is 110 Å². The zero-order valence-corrected chi connectivity index (χ0v) is 75.3. The molecule has 708 valence electrons. The van der Waals surface area contributed by atoms with Gasteiger partial charge in [0, 0.05) is 137 Å². The number of carbonyl (C=O) groups is 17. The van der Waals surface area contributed by atoms with Crippen molar-refractivity contribution in [1.82, 2.24) is 39.9 Å². The summed E-state index contributed by atoms with van der Waals surface area (Å²) in [5, 5.41) is 4.13. The number of nitrogens with zero attached hydrogens (tertiary/aromatic N) is 7. The van der Waals surface area contributed by atoms with E-state index in [1.807, 2.05) is 21.0 Å². The third-order valence-corrected chi connectivity index (χ3v) is 22.3. The molecule has 7 aliphatic rings. The molecular weight excluding hydrogens is 1740 g/mol. The lowest BCUT2D eigenvalue weighted by Crippen LogP contribution is -2.40. The average molecular weight is 1850 g/mol. The summed E-state index contributed by atoms with van der Waals surface area (Å²) in [6.07, 6.45) is 8.43. The Kier molecular flexibility index (Phi) is 39.5. The topological polar surface area (TPSA) is 451 Å². The maximum atomic E-state index is 13.7. The number of rotatable bonds is 34. The molecule has 0 saturated carbocycles. The number of halogens is 3. The highest BCUT2D eigenvalue weighted by Crippen LogP contribution is 2.37. The molecule has 7 heterocycles. The number of ether oxygens (including phenoxy) is 6. The molecule has 5 N–H and O–H groups in total. The van der Waals surface area contributed by atoms with Crippen molar-refractivity contribution in [2.45, 2.75) is 116 Å². The number of amides is 10. The number of nitrogens with one attached hydrogen (secondary N) is 1. The molecule has 0 radical (unpaired) electrons. The molecule has 4 saturated heterocycles. The molecule has 13 rings (SSSR count). The first kappa shape index (κ1) is 104. The largest absolute Gasteiger partial charge is 0.497 e.